The molecule has 0 fully saturated rings. The van der Waals surface area contributed by atoms with Crippen LogP contribution in [0.3, 0.4) is 0 Å². The molecule has 1 aromatic rings. The average Bonchev–Trinajstić information content (AvgIpc) is 2.34. The number of primary amides is 1. The van der Waals surface area contributed by atoms with Crippen LogP contribution in [-0.2, 0) is 4.79 Å². The summed E-state index contributed by atoms with van der Waals surface area (Å²) in [5, 5.41) is 5.17. The lowest BCUT2D eigenvalue weighted by molar-refractivity contribution is -0.117. The smallest absolute Gasteiger partial charge is 0.253 e. The number of halogens is 1. The van der Waals surface area contributed by atoms with Crippen molar-refractivity contribution < 1.29 is 14.0 Å². The van der Waals surface area contributed by atoms with Crippen LogP contribution in [0.25, 0.3) is 0 Å². The molecule has 0 heterocycles. The second-order valence-electron chi connectivity index (χ2n) is 3.74. The Balaban J connectivity index is 2.89. The van der Waals surface area contributed by atoms with E-state index in [0.717, 1.165) is 6.42 Å². The third-order valence-electron chi connectivity index (χ3n) is 2.23. The molecule has 0 spiro atoms. The monoisotopic (exact) mass is 253 g/mol. The first-order chi connectivity index (χ1) is 8.56. The molecule has 1 aromatic carbocycles. The molecule has 0 aliphatic rings. The molecule has 5 nitrogen and oxygen atoms in total. The van der Waals surface area contributed by atoms with Crippen LogP contribution in [0.1, 0.15) is 23.7 Å². The summed E-state index contributed by atoms with van der Waals surface area (Å²) in [5.74, 6) is -1.69. The Hall–Kier alpha value is -2.11. The third kappa shape index (κ3) is 3.73. The van der Waals surface area contributed by atoms with Gasteiger partial charge in [0.1, 0.15) is 5.82 Å². The molecule has 0 aliphatic heterocycles. The molecule has 0 bridgehead atoms. The molecule has 2 amide bonds. The Labute approximate surface area is 105 Å². The minimum atomic E-state index is -0.650. The van der Waals surface area contributed by atoms with Gasteiger partial charge in [0.15, 0.2) is 0 Å². The zero-order chi connectivity index (χ0) is 13.5. The van der Waals surface area contributed by atoms with Gasteiger partial charge in [-0.3, -0.25) is 9.59 Å². The number of hydrogen-bond donors (Lipinski definition) is 3. The molecule has 18 heavy (non-hydrogen) atoms. The second kappa shape index (κ2) is 6.58. The van der Waals surface area contributed by atoms with Gasteiger partial charge in [0.25, 0.3) is 5.91 Å². The molecule has 4 N–H and O–H groups in total. The Morgan fingerprint density at radius 2 is 2.11 bits per heavy atom. The first kappa shape index (κ1) is 14.0. The molecule has 0 unspecified atom stereocenters. The zero-order valence-corrected chi connectivity index (χ0v) is 10.1. The Bertz CT molecular complexity index is 449. The van der Waals surface area contributed by atoms with E-state index in [9.17, 15) is 14.0 Å². The van der Waals surface area contributed by atoms with E-state index in [0.29, 0.717) is 6.54 Å². The topological polar surface area (TPSA) is 84.2 Å². The van der Waals surface area contributed by atoms with Crippen LogP contribution in [0.15, 0.2) is 18.2 Å². The summed E-state index contributed by atoms with van der Waals surface area (Å²) >= 11 is 0. The largest absolute Gasteiger partial charge is 0.382 e. The van der Waals surface area contributed by atoms with E-state index in [1.807, 2.05) is 6.92 Å². The van der Waals surface area contributed by atoms with E-state index in [1.54, 1.807) is 0 Å². The quantitative estimate of drug-likeness (QED) is 0.703. The molecule has 6 heteroatoms. The number of amides is 2. The lowest BCUT2D eigenvalue weighted by atomic mass is 10.1. The first-order valence-electron chi connectivity index (χ1n) is 5.65. The van der Waals surface area contributed by atoms with Crippen molar-refractivity contribution in [2.24, 2.45) is 5.73 Å². The lowest BCUT2D eigenvalue weighted by Crippen LogP contribution is -2.33. The summed E-state index contributed by atoms with van der Waals surface area (Å²) < 4.78 is 13.6. The number of anilines is 1. The standard InChI is InChI=1S/C12H16FN3O2/c1-2-6-15-11-8(4-3-5-9(11)13)12(18)16-7-10(14)17/h3-5,15H,2,6-7H2,1H3,(H2,14,17)(H,16,18). The predicted molar refractivity (Wildman–Crippen MR) is 66.7 cm³/mol. The fraction of sp³-hybridized carbons (Fsp3) is 0.333. The number of carbonyl (C=O) groups excluding carboxylic acids is 2. The van der Waals surface area contributed by atoms with Gasteiger partial charge in [-0.05, 0) is 18.6 Å². The van der Waals surface area contributed by atoms with Crippen molar-refractivity contribution in [3.63, 3.8) is 0 Å². The van der Waals surface area contributed by atoms with Crippen molar-refractivity contribution in [2.45, 2.75) is 13.3 Å². The van der Waals surface area contributed by atoms with Crippen LogP contribution in [0.5, 0.6) is 0 Å². The summed E-state index contributed by atoms with van der Waals surface area (Å²) in [6.07, 6.45) is 0.802. The molecule has 0 saturated carbocycles. The van der Waals surface area contributed by atoms with Crippen LogP contribution in [-0.4, -0.2) is 24.9 Å². The van der Waals surface area contributed by atoms with Crippen molar-refractivity contribution in [2.75, 3.05) is 18.4 Å². The number of nitrogens with one attached hydrogen (secondary N) is 2. The average molecular weight is 253 g/mol. The SMILES string of the molecule is CCCNc1c(F)cccc1C(=O)NCC(N)=O. The number of carbonyl (C=O) groups is 2. The Morgan fingerprint density at radius 1 is 1.39 bits per heavy atom. The van der Waals surface area contributed by atoms with Crippen molar-refractivity contribution in [1.82, 2.24) is 5.32 Å². The van der Waals surface area contributed by atoms with Gasteiger partial charge in [0.2, 0.25) is 5.91 Å². The number of hydrogen-bond acceptors (Lipinski definition) is 3. The highest BCUT2D eigenvalue weighted by atomic mass is 19.1. The normalized spacial score (nSPS) is 9.89. The fourth-order valence-corrected chi connectivity index (χ4v) is 1.41. The summed E-state index contributed by atoms with van der Waals surface area (Å²) in [6.45, 7) is 2.21. The maximum atomic E-state index is 13.6. The number of nitrogens with two attached hydrogens (primary N) is 1. The van der Waals surface area contributed by atoms with Gasteiger partial charge in [0, 0.05) is 6.54 Å². The highest BCUT2D eigenvalue weighted by molar-refractivity contribution is 6.01. The third-order valence-corrected chi connectivity index (χ3v) is 2.23. The molecular formula is C12H16FN3O2. The van der Waals surface area contributed by atoms with Crippen molar-refractivity contribution in [1.29, 1.82) is 0 Å². The van der Waals surface area contributed by atoms with Gasteiger partial charge >= 0.3 is 0 Å². The maximum Gasteiger partial charge on any atom is 0.253 e. The molecule has 1 rings (SSSR count). The number of para-hydroxylation sites is 1. The van der Waals surface area contributed by atoms with E-state index in [2.05, 4.69) is 10.6 Å². The lowest BCUT2D eigenvalue weighted by Gasteiger charge is -2.12. The van der Waals surface area contributed by atoms with Crippen molar-refractivity contribution >= 4 is 17.5 Å². The van der Waals surface area contributed by atoms with E-state index >= 15 is 0 Å². The predicted octanol–water partition coefficient (Wildman–Crippen LogP) is 0.863. The van der Waals surface area contributed by atoms with E-state index in [-0.39, 0.29) is 17.8 Å². The van der Waals surface area contributed by atoms with Crippen LogP contribution >= 0.6 is 0 Å². The van der Waals surface area contributed by atoms with E-state index < -0.39 is 17.6 Å². The number of benzene rings is 1. The highest BCUT2D eigenvalue weighted by Crippen LogP contribution is 2.19. The molecule has 0 aromatic heterocycles. The van der Waals surface area contributed by atoms with Crippen LogP contribution in [0, 0.1) is 5.82 Å². The van der Waals surface area contributed by atoms with Gasteiger partial charge < -0.3 is 16.4 Å². The second-order valence-corrected chi connectivity index (χ2v) is 3.74. The van der Waals surface area contributed by atoms with Crippen LogP contribution in [0.4, 0.5) is 10.1 Å². The molecule has 0 atom stereocenters. The summed E-state index contributed by atoms with van der Waals surface area (Å²) in [5.41, 5.74) is 5.22. The Kier molecular flexibility index (Phi) is 5.10. The Morgan fingerprint density at radius 3 is 2.72 bits per heavy atom. The minimum Gasteiger partial charge on any atom is -0.382 e. The first-order valence-corrected chi connectivity index (χ1v) is 5.65. The van der Waals surface area contributed by atoms with Gasteiger partial charge in [-0.15, -0.1) is 0 Å². The fourth-order valence-electron chi connectivity index (χ4n) is 1.41. The molecule has 0 radical (unpaired) electrons. The van der Waals surface area contributed by atoms with Crippen molar-refractivity contribution in [3.05, 3.63) is 29.6 Å². The van der Waals surface area contributed by atoms with E-state index in [1.165, 1.54) is 18.2 Å². The van der Waals surface area contributed by atoms with Gasteiger partial charge in [-0.2, -0.15) is 0 Å². The molecule has 0 aliphatic carbocycles. The molecular weight excluding hydrogens is 237 g/mol. The van der Waals surface area contributed by atoms with Crippen molar-refractivity contribution in [3.8, 4) is 0 Å². The van der Waals surface area contributed by atoms with Crippen LogP contribution < -0.4 is 16.4 Å². The van der Waals surface area contributed by atoms with Gasteiger partial charge in [-0.1, -0.05) is 13.0 Å². The van der Waals surface area contributed by atoms with Gasteiger partial charge in [0.05, 0.1) is 17.8 Å². The maximum absolute atomic E-state index is 13.6. The van der Waals surface area contributed by atoms with Crippen LogP contribution in [0.2, 0.25) is 0 Å². The summed E-state index contributed by atoms with van der Waals surface area (Å²) in [4.78, 5) is 22.3. The molecule has 98 valence electrons. The minimum absolute atomic E-state index is 0.140. The zero-order valence-electron chi connectivity index (χ0n) is 10.1. The summed E-state index contributed by atoms with van der Waals surface area (Å²) in [7, 11) is 0. The summed E-state index contributed by atoms with van der Waals surface area (Å²) in [6, 6.07) is 4.19. The van der Waals surface area contributed by atoms with E-state index in [4.69, 9.17) is 5.73 Å². The number of rotatable bonds is 6. The van der Waals surface area contributed by atoms with Gasteiger partial charge in [-0.25, -0.2) is 4.39 Å². The molecule has 0 saturated heterocycles. The highest BCUT2D eigenvalue weighted by Gasteiger charge is 2.14.